The Morgan fingerprint density at radius 2 is 1.88 bits per heavy atom. The van der Waals surface area contributed by atoms with Gasteiger partial charge in [-0.05, 0) is 19.9 Å². The van der Waals surface area contributed by atoms with Gasteiger partial charge in [0, 0.05) is 58.4 Å². The molecule has 2 aliphatic heterocycles. The van der Waals surface area contributed by atoms with Crippen LogP contribution in [-0.4, -0.2) is 83.8 Å². The maximum absolute atomic E-state index is 12.9. The van der Waals surface area contributed by atoms with Crippen molar-refractivity contribution in [3.63, 3.8) is 0 Å². The average molecular weight is 355 g/mol. The van der Waals surface area contributed by atoms with Crippen LogP contribution < -0.4 is 0 Å². The fraction of sp³-hybridized carbons (Fsp3) is 0.733. The molecule has 1 unspecified atom stereocenters. The first kappa shape index (κ1) is 17.4. The number of piperazine rings is 1. The molecule has 0 radical (unpaired) electrons. The number of sulfonamides is 1. The second kappa shape index (κ2) is 6.12. The third-order valence-corrected chi connectivity index (χ3v) is 7.12. The van der Waals surface area contributed by atoms with Crippen molar-refractivity contribution in [1.29, 1.82) is 0 Å². The SMILES string of the molecule is CN1CCC2(CCC1=O)CN(S(=O)(=O)c1cn(C)cn1)CCN2C. The Labute approximate surface area is 143 Å². The number of amides is 1. The van der Waals surface area contributed by atoms with Crippen molar-refractivity contribution < 1.29 is 13.2 Å². The molecule has 24 heavy (non-hydrogen) atoms. The summed E-state index contributed by atoms with van der Waals surface area (Å²) in [5, 5.41) is 0.0894. The largest absolute Gasteiger partial charge is 0.346 e. The Bertz CT molecular complexity index is 731. The van der Waals surface area contributed by atoms with E-state index in [1.807, 2.05) is 14.1 Å². The van der Waals surface area contributed by atoms with Crippen molar-refractivity contribution in [1.82, 2.24) is 23.7 Å². The first-order chi connectivity index (χ1) is 11.2. The Balaban J connectivity index is 1.87. The smallest absolute Gasteiger partial charge is 0.262 e. The molecule has 1 spiro atoms. The maximum Gasteiger partial charge on any atom is 0.262 e. The summed E-state index contributed by atoms with van der Waals surface area (Å²) in [7, 11) is 1.99. The van der Waals surface area contributed by atoms with E-state index in [0.29, 0.717) is 39.0 Å². The molecular formula is C15H25N5O3S. The van der Waals surface area contributed by atoms with Gasteiger partial charge >= 0.3 is 0 Å². The summed E-state index contributed by atoms with van der Waals surface area (Å²) in [4.78, 5) is 20.0. The van der Waals surface area contributed by atoms with Gasteiger partial charge in [-0.1, -0.05) is 0 Å². The van der Waals surface area contributed by atoms with E-state index >= 15 is 0 Å². The van der Waals surface area contributed by atoms with Gasteiger partial charge in [-0.2, -0.15) is 4.31 Å². The van der Waals surface area contributed by atoms with Crippen molar-refractivity contribution in [3.05, 3.63) is 12.5 Å². The van der Waals surface area contributed by atoms with Crippen molar-refractivity contribution in [2.24, 2.45) is 7.05 Å². The molecule has 8 nitrogen and oxygen atoms in total. The number of hydrogen-bond acceptors (Lipinski definition) is 5. The van der Waals surface area contributed by atoms with Gasteiger partial charge < -0.3 is 9.47 Å². The zero-order chi connectivity index (χ0) is 17.5. The summed E-state index contributed by atoms with van der Waals surface area (Å²) in [5.74, 6) is 0.130. The Morgan fingerprint density at radius 1 is 1.12 bits per heavy atom. The molecule has 1 aromatic rings. The summed E-state index contributed by atoms with van der Waals surface area (Å²) in [6, 6.07) is 0. The molecule has 0 bridgehead atoms. The minimum atomic E-state index is -3.60. The maximum atomic E-state index is 12.9. The molecular weight excluding hydrogens is 330 g/mol. The molecule has 2 saturated heterocycles. The highest BCUT2D eigenvalue weighted by molar-refractivity contribution is 7.89. The quantitative estimate of drug-likeness (QED) is 0.730. The standard InChI is InChI=1S/C15H25N5O3S/c1-17-10-13(16-12-17)24(22,23)20-9-8-19(3)15(11-20)5-4-14(21)18(2)7-6-15/h10,12H,4-9,11H2,1-3H3. The molecule has 0 aliphatic carbocycles. The number of aryl methyl sites for hydroxylation is 1. The van der Waals surface area contributed by atoms with Gasteiger partial charge in [-0.3, -0.25) is 9.69 Å². The predicted octanol–water partition coefficient (Wildman–Crippen LogP) is -0.263. The molecule has 9 heteroatoms. The van der Waals surface area contributed by atoms with Crippen LogP contribution in [0.25, 0.3) is 0 Å². The Hall–Kier alpha value is -1.45. The number of nitrogens with zero attached hydrogens (tertiary/aromatic N) is 5. The molecule has 2 aliphatic rings. The molecule has 134 valence electrons. The van der Waals surface area contributed by atoms with Gasteiger partial charge in [0.15, 0.2) is 5.03 Å². The van der Waals surface area contributed by atoms with Crippen molar-refractivity contribution >= 4 is 15.9 Å². The Morgan fingerprint density at radius 3 is 2.54 bits per heavy atom. The van der Waals surface area contributed by atoms with E-state index in [-0.39, 0.29) is 16.5 Å². The number of likely N-dealkylation sites (tertiary alicyclic amines) is 1. The van der Waals surface area contributed by atoms with E-state index in [9.17, 15) is 13.2 Å². The highest BCUT2D eigenvalue weighted by atomic mass is 32.2. The van der Waals surface area contributed by atoms with Gasteiger partial charge in [0.25, 0.3) is 10.0 Å². The molecule has 2 fully saturated rings. The predicted molar refractivity (Wildman–Crippen MR) is 88.8 cm³/mol. The minimum Gasteiger partial charge on any atom is -0.346 e. The second-order valence-electron chi connectivity index (χ2n) is 6.93. The number of imidazole rings is 1. The van der Waals surface area contributed by atoms with Gasteiger partial charge in [0.1, 0.15) is 0 Å². The van der Waals surface area contributed by atoms with E-state index in [4.69, 9.17) is 0 Å². The van der Waals surface area contributed by atoms with Crippen LogP contribution in [0.1, 0.15) is 19.3 Å². The van der Waals surface area contributed by atoms with Crippen LogP contribution in [-0.2, 0) is 21.9 Å². The van der Waals surface area contributed by atoms with Crippen LogP contribution in [0, 0.1) is 0 Å². The monoisotopic (exact) mass is 355 g/mol. The van der Waals surface area contributed by atoms with Crippen molar-refractivity contribution in [2.45, 2.75) is 29.8 Å². The normalized spacial score (nSPS) is 27.6. The molecule has 0 N–H and O–H groups in total. The van der Waals surface area contributed by atoms with E-state index in [0.717, 1.165) is 6.42 Å². The molecule has 1 amide bonds. The van der Waals surface area contributed by atoms with Crippen molar-refractivity contribution in [2.75, 3.05) is 40.3 Å². The number of carbonyl (C=O) groups excluding carboxylic acids is 1. The van der Waals surface area contributed by atoms with E-state index < -0.39 is 10.0 Å². The number of hydrogen-bond donors (Lipinski definition) is 0. The van der Waals surface area contributed by atoms with Gasteiger partial charge in [-0.15, -0.1) is 0 Å². The fourth-order valence-electron chi connectivity index (χ4n) is 3.58. The van der Waals surface area contributed by atoms with E-state index in [1.165, 1.54) is 16.8 Å². The number of likely N-dealkylation sites (N-methyl/N-ethyl adjacent to an activating group) is 1. The third-order valence-electron chi connectivity index (χ3n) is 5.39. The van der Waals surface area contributed by atoms with Crippen LogP contribution in [0.3, 0.4) is 0 Å². The third kappa shape index (κ3) is 2.96. The van der Waals surface area contributed by atoms with Gasteiger partial charge in [-0.25, -0.2) is 13.4 Å². The molecule has 0 saturated carbocycles. The molecule has 3 rings (SSSR count). The topological polar surface area (TPSA) is 78.8 Å². The summed E-state index contributed by atoms with van der Waals surface area (Å²) >= 11 is 0. The Kier molecular flexibility index (Phi) is 4.43. The van der Waals surface area contributed by atoms with Gasteiger partial charge in [0.05, 0.1) is 6.33 Å². The number of carbonyl (C=O) groups is 1. The molecule has 0 aromatic carbocycles. The molecule has 1 aromatic heterocycles. The lowest BCUT2D eigenvalue weighted by molar-refractivity contribution is -0.129. The van der Waals surface area contributed by atoms with Crippen LogP contribution in [0.4, 0.5) is 0 Å². The first-order valence-corrected chi connectivity index (χ1v) is 9.62. The highest BCUT2D eigenvalue weighted by Crippen LogP contribution is 2.33. The fourth-order valence-corrected chi connectivity index (χ4v) is 5.06. The number of aromatic nitrogens is 2. The minimum absolute atomic E-state index is 0.0894. The average Bonchev–Trinajstić information content (AvgIpc) is 2.93. The van der Waals surface area contributed by atoms with Crippen LogP contribution in [0.15, 0.2) is 17.6 Å². The lowest BCUT2D eigenvalue weighted by atomic mass is 9.87. The summed E-state index contributed by atoms with van der Waals surface area (Å²) < 4.78 is 29.0. The lowest BCUT2D eigenvalue weighted by Gasteiger charge is -2.48. The zero-order valence-corrected chi connectivity index (χ0v) is 15.3. The van der Waals surface area contributed by atoms with Crippen LogP contribution in [0.2, 0.25) is 0 Å². The molecule has 3 heterocycles. The highest BCUT2D eigenvalue weighted by Gasteiger charge is 2.45. The summed E-state index contributed by atoms with van der Waals surface area (Å²) in [5.41, 5.74) is -0.291. The van der Waals surface area contributed by atoms with Crippen LogP contribution in [0.5, 0.6) is 0 Å². The van der Waals surface area contributed by atoms with Crippen molar-refractivity contribution in [3.8, 4) is 0 Å². The first-order valence-electron chi connectivity index (χ1n) is 8.18. The molecule has 1 atom stereocenters. The van der Waals surface area contributed by atoms with Gasteiger partial charge in [0.2, 0.25) is 5.91 Å². The number of rotatable bonds is 2. The zero-order valence-electron chi connectivity index (χ0n) is 14.5. The van der Waals surface area contributed by atoms with E-state index in [2.05, 4.69) is 9.88 Å². The lowest BCUT2D eigenvalue weighted by Crippen LogP contribution is -2.62. The summed E-state index contributed by atoms with van der Waals surface area (Å²) in [6.07, 6.45) is 4.95. The summed E-state index contributed by atoms with van der Waals surface area (Å²) in [6.45, 7) is 2.16. The van der Waals surface area contributed by atoms with Crippen LogP contribution >= 0.6 is 0 Å². The second-order valence-corrected chi connectivity index (χ2v) is 8.81. The van der Waals surface area contributed by atoms with E-state index in [1.54, 1.807) is 16.5 Å².